The Balaban J connectivity index is 1.71. The first-order valence-electron chi connectivity index (χ1n) is 6.91. The highest BCUT2D eigenvalue weighted by atomic mass is 32.2. The van der Waals surface area contributed by atoms with Gasteiger partial charge >= 0.3 is 5.97 Å². The molecule has 0 atom stereocenters. The van der Waals surface area contributed by atoms with Crippen LogP contribution in [-0.2, 0) is 10.5 Å². The molecule has 3 heterocycles. The van der Waals surface area contributed by atoms with Crippen molar-refractivity contribution < 1.29 is 18.7 Å². The number of rotatable bonds is 6. The SMILES string of the molecule is COC(=O)c1ccc(CSc2nncn2-c2ccc(OC)nc2)o1. The molecule has 0 aromatic carbocycles. The fraction of sp³-hybridized carbons (Fsp3) is 0.200. The van der Waals surface area contributed by atoms with Crippen molar-refractivity contribution in [3.63, 3.8) is 0 Å². The highest BCUT2D eigenvalue weighted by Gasteiger charge is 2.13. The monoisotopic (exact) mass is 346 g/mol. The molecule has 0 saturated heterocycles. The van der Waals surface area contributed by atoms with E-state index >= 15 is 0 Å². The number of carbonyl (C=O) groups excluding carboxylic acids is 1. The second-order valence-electron chi connectivity index (χ2n) is 4.59. The van der Waals surface area contributed by atoms with Crippen LogP contribution in [0, 0.1) is 0 Å². The number of ether oxygens (including phenoxy) is 2. The van der Waals surface area contributed by atoms with E-state index in [0.717, 1.165) is 5.69 Å². The molecule has 0 N–H and O–H groups in total. The lowest BCUT2D eigenvalue weighted by molar-refractivity contribution is 0.0563. The van der Waals surface area contributed by atoms with E-state index in [9.17, 15) is 4.79 Å². The molecule has 0 saturated carbocycles. The Labute approximate surface area is 141 Å². The summed E-state index contributed by atoms with van der Waals surface area (Å²) in [6, 6.07) is 6.94. The number of hydrogen-bond donors (Lipinski definition) is 0. The molecule has 9 heteroatoms. The molecule has 3 aromatic rings. The standard InChI is InChI=1S/C15H14N4O4S/c1-21-13-6-3-10(7-16-13)19-9-17-18-15(19)24-8-11-4-5-12(23-11)14(20)22-2/h3-7,9H,8H2,1-2H3. The number of aromatic nitrogens is 4. The van der Waals surface area contributed by atoms with Crippen LogP contribution in [0.25, 0.3) is 5.69 Å². The van der Waals surface area contributed by atoms with Gasteiger partial charge in [0.15, 0.2) is 5.16 Å². The van der Waals surface area contributed by atoms with Crippen molar-refractivity contribution in [3.8, 4) is 11.6 Å². The van der Waals surface area contributed by atoms with Gasteiger partial charge in [0.05, 0.1) is 31.9 Å². The van der Waals surface area contributed by atoms with Crippen molar-refractivity contribution in [1.82, 2.24) is 19.7 Å². The van der Waals surface area contributed by atoms with E-state index in [1.54, 1.807) is 42.4 Å². The van der Waals surface area contributed by atoms with Crippen LogP contribution >= 0.6 is 11.8 Å². The maximum absolute atomic E-state index is 11.4. The summed E-state index contributed by atoms with van der Waals surface area (Å²) in [5.41, 5.74) is 0.818. The van der Waals surface area contributed by atoms with Gasteiger partial charge < -0.3 is 13.9 Å². The number of esters is 1. The van der Waals surface area contributed by atoms with Crippen LogP contribution in [0.3, 0.4) is 0 Å². The Morgan fingerprint density at radius 1 is 1.29 bits per heavy atom. The molecule has 124 valence electrons. The lowest BCUT2D eigenvalue weighted by Gasteiger charge is -2.06. The van der Waals surface area contributed by atoms with Crippen molar-refractivity contribution in [2.24, 2.45) is 0 Å². The summed E-state index contributed by atoms with van der Waals surface area (Å²) in [4.78, 5) is 15.6. The maximum atomic E-state index is 11.4. The van der Waals surface area contributed by atoms with E-state index < -0.39 is 5.97 Å². The fourth-order valence-electron chi connectivity index (χ4n) is 1.94. The average molecular weight is 346 g/mol. The minimum atomic E-state index is -0.501. The van der Waals surface area contributed by atoms with Gasteiger partial charge in [-0.05, 0) is 18.2 Å². The zero-order valence-electron chi connectivity index (χ0n) is 13.0. The molecule has 0 amide bonds. The molecule has 3 aromatic heterocycles. The van der Waals surface area contributed by atoms with Crippen LogP contribution in [0.1, 0.15) is 16.3 Å². The van der Waals surface area contributed by atoms with Gasteiger partial charge in [-0.3, -0.25) is 4.57 Å². The number of carbonyl (C=O) groups is 1. The minimum absolute atomic E-state index is 0.175. The van der Waals surface area contributed by atoms with E-state index in [4.69, 9.17) is 9.15 Å². The Hall–Kier alpha value is -2.81. The molecule has 0 fully saturated rings. The summed E-state index contributed by atoms with van der Waals surface area (Å²) < 4.78 is 16.9. The summed E-state index contributed by atoms with van der Waals surface area (Å²) in [5.74, 6) is 1.35. The third-order valence-electron chi connectivity index (χ3n) is 3.12. The Bertz CT molecular complexity index is 828. The van der Waals surface area contributed by atoms with Crippen LogP contribution in [0.15, 0.2) is 46.4 Å². The van der Waals surface area contributed by atoms with Crippen molar-refractivity contribution in [2.75, 3.05) is 14.2 Å². The molecule has 8 nitrogen and oxygen atoms in total. The normalized spacial score (nSPS) is 10.6. The van der Waals surface area contributed by atoms with Crippen LogP contribution in [0.2, 0.25) is 0 Å². The summed E-state index contributed by atoms with van der Waals surface area (Å²) in [6.45, 7) is 0. The summed E-state index contributed by atoms with van der Waals surface area (Å²) in [5, 5.41) is 8.70. The summed E-state index contributed by atoms with van der Waals surface area (Å²) in [7, 11) is 2.87. The van der Waals surface area contributed by atoms with Crippen molar-refractivity contribution >= 4 is 17.7 Å². The third-order valence-corrected chi connectivity index (χ3v) is 4.08. The van der Waals surface area contributed by atoms with Crippen molar-refractivity contribution in [1.29, 1.82) is 0 Å². The van der Waals surface area contributed by atoms with Gasteiger partial charge in [-0.2, -0.15) is 0 Å². The molecule has 0 bridgehead atoms. The molecule has 0 spiro atoms. The predicted molar refractivity (Wildman–Crippen MR) is 85.3 cm³/mol. The minimum Gasteiger partial charge on any atom is -0.481 e. The number of nitrogens with zero attached hydrogens (tertiary/aromatic N) is 4. The van der Waals surface area contributed by atoms with Gasteiger partial charge in [0.25, 0.3) is 0 Å². The number of pyridine rings is 1. The van der Waals surface area contributed by atoms with Crippen LogP contribution in [0.4, 0.5) is 0 Å². The number of hydrogen-bond acceptors (Lipinski definition) is 8. The van der Waals surface area contributed by atoms with Crippen LogP contribution < -0.4 is 4.74 Å². The van der Waals surface area contributed by atoms with Crippen molar-refractivity contribution in [3.05, 3.63) is 48.3 Å². The quantitative estimate of drug-likeness (QED) is 0.496. The second kappa shape index (κ2) is 7.18. The lowest BCUT2D eigenvalue weighted by atomic mass is 10.4. The van der Waals surface area contributed by atoms with E-state index in [1.807, 2.05) is 6.07 Å². The maximum Gasteiger partial charge on any atom is 0.373 e. The van der Waals surface area contributed by atoms with E-state index in [2.05, 4.69) is 19.9 Å². The predicted octanol–water partition coefficient (Wildman–Crippen LogP) is 2.34. The molecule has 0 aliphatic heterocycles. The Kier molecular flexibility index (Phi) is 4.80. The molecule has 24 heavy (non-hydrogen) atoms. The fourth-order valence-corrected chi connectivity index (χ4v) is 2.76. The molecule has 0 aliphatic rings. The molecule has 0 unspecified atom stereocenters. The largest absolute Gasteiger partial charge is 0.481 e. The first-order valence-corrected chi connectivity index (χ1v) is 7.90. The highest BCUT2D eigenvalue weighted by molar-refractivity contribution is 7.98. The molecular formula is C15H14N4O4S. The van der Waals surface area contributed by atoms with E-state index in [-0.39, 0.29) is 5.76 Å². The van der Waals surface area contributed by atoms with Crippen molar-refractivity contribution in [2.45, 2.75) is 10.9 Å². The van der Waals surface area contributed by atoms with Gasteiger partial charge in [0.2, 0.25) is 11.6 Å². The Morgan fingerprint density at radius 3 is 2.88 bits per heavy atom. The second-order valence-corrected chi connectivity index (χ2v) is 5.53. The zero-order chi connectivity index (χ0) is 16.9. The summed E-state index contributed by atoms with van der Waals surface area (Å²) >= 11 is 1.43. The number of methoxy groups -OCH3 is 2. The third kappa shape index (κ3) is 3.40. The van der Waals surface area contributed by atoms with Gasteiger partial charge in [-0.25, -0.2) is 9.78 Å². The first-order chi connectivity index (χ1) is 11.7. The topological polar surface area (TPSA) is 92.3 Å². The van der Waals surface area contributed by atoms with Gasteiger partial charge in [-0.15, -0.1) is 10.2 Å². The molecular weight excluding hydrogens is 332 g/mol. The Morgan fingerprint density at radius 2 is 2.17 bits per heavy atom. The van der Waals surface area contributed by atoms with E-state index in [1.165, 1.54) is 18.9 Å². The van der Waals surface area contributed by atoms with Gasteiger partial charge in [0, 0.05) is 6.07 Å². The van der Waals surface area contributed by atoms with Gasteiger partial charge in [-0.1, -0.05) is 11.8 Å². The van der Waals surface area contributed by atoms with E-state index in [0.29, 0.717) is 22.5 Å². The summed E-state index contributed by atoms with van der Waals surface area (Å²) in [6.07, 6.45) is 3.28. The molecule has 3 rings (SSSR count). The first kappa shape index (κ1) is 16.1. The van der Waals surface area contributed by atoms with Crippen LogP contribution in [0.5, 0.6) is 5.88 Å². The van der Waals surface area contributed by atoms with Gasteiger partial charge in [0.1, 0.15) is 12.1 Å². The molecule has 0 radical (unpaired) electrons. The smallest absolute Gasteiger partial charge is 0.373 e. The van der Waals surface area contributed by atoms with Crippen LogP contribution in [-0.4, -0.2) is 39.9 Å². The highest BCUT2D eigenvalue weighted by Crippen LogP contribution is 2.24. The average Bonchev–Trinajstić information content (AvgIpc) is 3.28. The lowest BCUT2D eigenvalue weighted by Crippen LogP contribution is -1.98. The zero-order valence-corrected chi connectivity index (χ0v) is 13.8. The number of furan rings is 1. The molecule has 0 aliphatic carbocycles. The number of thioether (sulfide) groups is 1.